The van der Waals surface area contributed by atoms with Gasteiger partial charge >= 0.3 is 0 Å². The standard InChI is InChI=1S/C31H35BrN2O3/c1-22-12-14-25(15-13-22)20-34(30(35)21-37-27-16-17-28(32)23(2)18-27)29(19-24-8-4-3-5-9-24)31(36)33-26-10-6-7-11-26/h3-5,8-9,12-18,26,29H,6-7,10-11,19-21H2,1-2H3,(H,33,36)/t29-/m1/s1. The highest BCUT2D eigenvalue weighted by Gasteiger charge is 2.32. The molecule has 0 radical (unpaired) electrons. The first kappa shape index (κ1) is 26.9. The van der Waals surface area contributed by atoms with Gasteiger partial charge in [-0.05, 0) is 61.6 Å². The van der Waals surface area contributed by atoms with Crippen LogP contribution in [-0.4, -0.2) is 35.4 Å². The number of halogens is 1. The molecule has 1 N–H and O–H groups in total. The van der Waals surface area contributed by atoms with Crippen LogP contribution < -0.4 is 10.1 Å². The number of hydrogen-bond acceptors (Lipinski definition) is 3. The molecule has 2 amide bonds. The summed E-state index contributed by atoms with van der Waals surface area (Å²) in [7, 11) is 0. The van der Waals surface area contributed by atoms with Gasteiger partial charge in [0.25, 0.3) is 5.91 Å². The minimum Gasteiger partial charge on any atom is -0.484 e. The first-order valence-electron chi connectivity index (χ1n) is 13.0. The number of benzene rings is 3. The van der Waals surface area contributed by atoms with Gasteiger partial charge in [0.1, 0.15) is 11.8 Å². The molecule has 1 saturated carbocycles. The van der Waals surface area contributed by atoms with Gasteiger partial charge in [0.15, 0.2) is 6.61 Å². The predicted molar refractivity (Wildman–Crippen MR) is 150 cm³/mol. The summed E-state index contributed by atoms with van der Waals surface area (Å²) in [6.45, 7) is 4.20. The van der Waals surface area contributed by atoms with Crippen molar-refractivity contribution in [3.05, 3.63) is 99.5 Å². The summed E-state index contributed by atoms with van der Waals surface area (Å²) < 4.78 is 6.90. The highest BCUT2D eigenvalue weighted by Crippen LogP contribution is 2.23. The van der Waals surface area contributed by atoms with E-state index in [1.165, 1.54) is 0 Å². The van der Waals surface area contributed by atoms with Crippen molar-refractivity contribution < 1.29 is 14.3 Å². The van der Waals surface area contributed by atoms with E-state index in [0.717, 1.165) is 52.4 Å². The number of hydrogen-bond donors (Lipinski definition) is 1. The minimum absolute atomic E-state index is 0.101. The third kappa shape index (κ3) is 7.68. The summed E-state index contributed by atoms with van der Waals surface area (Å²) in [5.74, 6) is 0.304. The van der Waals surface area contributed by atoms with Crippen molar-refractivity contribution in [2.24, 2.45) is 0 Å². The number of amides is 2. The van der Waals surface area contributed by atoms with Gasteiger partial charge in [-0.15, -0.1) is 0 Å². The lowest BCUT2D eigenvalue weighted by Crippen LogP contribution is -2.53. The topological polar surface area (TPSA) is 58.6 Å². The van der Waals surface area contributed by atoms with Gasteiger partial charge in [-0.25, -0.2) is 0 Å². The summed E-state index contributed by atoms with van der Waals surface area (Å²) in [5.41, 5.74) is 4.17. The molecule has 1 atom stereocenters. The Morgan fingerprint density at radius 2 is 1.68 bits per heavy atom. The molecule has 1 fully saturated rings. The third-order valence-electron chi connectivity index (χ3n) is 6.94. The Bertz CT molecular complexity index is 1190. The lowest BCUT2D eigenvalue weighted by molar-refractivity contribution is -0.143. The van der Waals surface area contributed by atoms with Crippen molar-refractivity contribution in [3.63, 3.8) is 0 Å². The molecule has 6 heteroatoms. The molecule has 0 bridgehead atoms. The largest absolute Gasteiger partial charge is 0.484 e. The van der Waals surface area contributed by atoms with E-state index in [4.69, 9.17) is 4.74 Å². The second-order valence-corrected chi connectivity index (χ2v) is 10.8. The Morgan fingerprint density at radius 1 is 0.973 bits per heavy atom. The van der Waals surface area contributed by atoms with Gasteiger partial charge in [0, 0.05) is 23.5 Å². The van der Waals surface area contributed by atoms with E-state index in [9.17, 15) is 9.59 Å². The lowest BCUT2D eigenvalue weighted by atomic mass is 10.0. The summed E-state index contributed by atoms with van der Waals surface area (Å²) in [6, 6.07) is 23.2. The zero-order valence-corrected chi connectivity index (χ0v) is 23.2. The molecule has 37 heavy (non-hydrogen) atoms. The molecule has 194 valence electrons. The molecular weight excluding hydrogens is 528 g/mol. The van der Waals surface area contributed by atoms with Crippen molar-refractivity contribution in [2.45, 2.75) is 64.6 Å². The SMILES string of the molecule is Cc1ccc(CN(C(=O)COc2ccc(Br)c(C)c2)[C@H](Cc2ccccc2)C(=O)NC2CCCC2)cc1. The number of nitrogens with one attached hydrogen (secondary N) is 1. The number of carbonyl (C=O) groups excluding carboxylic acids is 2. The van der Waals surface area contributed by atoms with Crippen LogP contribution in [-0.2, 0) is 22.6 Å². The van der Waals surface area contributed by atoms with Crippen LogP contribution in [0.15, 0.2) is 77.3 Å². The molecule has 0 heterocycles. The highest BCUT2D eigenvalue weighted by molar-refractivity contribution is 9.10. The molecule has 0 unspecified atom stereocenters. The summed E-state index contributed by atoms with van der Waals surface area (Å²) in [6.07, 6.45) is 4.67. The molecule has 5 nitrogen and oxygen atoms in total. The molecule has 0 saturated heterocycles. The molecule has 1 aliphatic rings. The van der Waals surface area contributed by atoms with E-state index < -0.39 is 6.04 Å². The predicted octanol–water partition coefficient (Wildman–Crippen LogP) is 6.14. The molecule has 3 aromatic carbocycles. The van der Waals surface area contributed by atoms with Crippen molar-refractivity contribution in [1.82, 2.24) is 10.2 Å². The van der Waals surface area contributed by atoms with E-state index >= 15 is 0 Å². The third-order valence-corrected chi connectivity index (χ3v) is 7.83. The van der Waals surface area contributed by atoms with Crippen LogP contribution in [0, 0.1) is 13.8 Å². The first-order valence-corrected chi connectivity index (χ1v) is 13.8. The van der Waals surface area contributed by atoms with Gasteiger partial charge in [-0.2, -0.15) is 0 Å². The fourth-order valence-corrected chi connectivity index (χ4v) is 4.99. The maximum absolute atomic E-state index is 13.7. The smallest absolute Gasteiger partial charge is 0.261 e. The van der Waals surface area contributed by atoms with Crippen LogP contribution in [0.25, 0.3) is 0 Å². The second kappa shape index (κ2) is 12.9. The lowest BCUT2D eigenvalue weighted by Gasteiger charge is -2.32. The van der Waals surface area contributed by atoms with E-state index in [1.807, 2.05) is 86.6 Å². The van der Waals surface area contributed by atoms with Crippen molar-refractivity contribution in [2.75, 3.05) is 6.61 Å². The summed E-state index contributed by atoms with van der Waals surface area (Å²) in [4.78, 5) is 29.1. The average molecular weight is 564 g/mol. The van der Waals surface area contributed by atoms with Gasteiger partial charge in [-0.3, -0.25) is 9.59 Å². The Hall–Kier alpha value is -3.12. The van der Waals surface area contributed by atoms with Crippen molar-refractivity contribution in [3.8, 4) is 5.75 Å². The Kier molecular flexibility index (Phi) is 9.40. The van der Waals surface area contributed by atoms with Crippen molar-refractivity contribution >= 4 is 27.7 Å². The zero-order chi connectivity index (χ0) is 26.2. The Balaban J connectivity index is 1.60. The minimum atomic E-state index is -0.646. The van der Waals surface area contributed by atoms with Crippen LogP contribution in [0.3, 0.4) is 0 Å². The molecule has 0 aliphatic heterocycles. The maximum Gasteiger partial charge on any atom is 0.261 e. The van der Waals surface area contributed by atoms with Crippen LogP contribution >= 0.6 is 15.9 Å². The summed E-state index contributed by atoms with van der Waals surface area (Å²) in [5, 5.41) is 3.24. The Labute approximate surface area is 228 Å². The van der Waals surface area contributed by atoms with Gasteiger partial charge in [0.05, 0.1) is 0 Å². The zero-order valence-electron chi connectivity index (χ0n) is 21.6. The van der Waals surface area contributed by atoms with E-state index in [2.05, 4.69) is 21.2 Å². The molecule has 0 spiro atoms. The number of carbonyl (C=O) groups is 2. The molecule has 1 aliphatic carbocycles. The summed E-state index contributed by atoms with van der Waals surface area (Å²) >= 11 is 3.50. The molecule has 4 rings (SSSR count). The van der Waals surface area contributed by atoms with Crippen LogP contribution in [0.1, 0.15) is 47.9 Å². The molecular formula is C31H35BrN2O3. The fraction of sp³-hybridized carbons (Fsp3) is 0.355. The monoisotopic (exact) mass is 562 g/mol. The quantitative estimate of drug-likeness (QED) is 0.322. The van der Waals surface area contributed by atoms with Crippen LogP contribution in [0.2, 0.25) is 0 Å². The molecule has 3 aromatic rings. The molecule has 0 aromatic heterocycles. The number of nitrogens with zero attached hydrogens (tertiary/aromatic N) is 1. The normalized spacial score (nSPS) is 14.2. The van der Waals surface area contributed by atoms with Gasteiger partial charge < -0.3 is 15.0 Å². The number of aryl methyl sites for hydroxylation is 2. The number of ether oxygens (including phenoxy) is 1. The Morgan fingerprint density at radius 3 is 2.35 bits per heavy atom. The second-order valence-electron chi connectivity index (χ2n) is 9.90. The highest BCUT2D eigenvalue weighted by atomic mass is 79.9. The van der Waals surface area contributed by atoms with Gasteiger partial charge in [-0.1, -0.05) is 88.9 Å². The van der Waals surface area contributed by atoms with E-state index in [1.54, 1.807) is 4.90 Å². The van der Waals surface area contributed by atoms with E-state index in [-0.39, 0.29) is 24.5 Å². The van der Waals surface area contributed by atoms with Crippen LogP contribution in [0.4, 0.5) is 0 Å². The van der Waals surface area contributed by atoms with Crippen LogP contribution in [0.5, 0.6) is 5.75 Å². The fourth-order valence-electron chi connectivity index (χ4n) is 4.75. The van der Waals surface area contributed by atoms with Gasteiger partial charge in [0.2, 0.25) is 5.91 Å². The van der Waals surface area contributed by atoms with E-state index in [0.29, 0.717) is 18.7 Å². The maximum atomic E-state index is 13.7. The van der Waals surface area contributed by atoms with Crippen molar-refractivity contribution in [1.29, 1.82) is 0 Å². The first-order chi connectivity index (χ1) is 17.9. The number of rotatable bonds is 10. The average Bonchev–Trinajstić information content (AvgIpc) is 3.41.